The molecule has 0 unspecified atom stereocenters. The van der Waals surface area contributed by atoms with Crippen molar-refractivity contribution < 1.29 is 4.52 Å². The lowest BCUT2D eigenvalue weighted by Crippen LogP contribution is -2.13. The number of pyridine rings is 1. The van der Waals surface area contributed by atoms with Crippen LogP contribution in [0.2, 0.25) is 0 Å². The lowest BCUT2D eigenvalue weighted by Gasteiger charge is -1.92. The van der Waals surface area contributed by atoms with E-state index in [1.165, 1.54) is 0 Å². The lowest BCUT2D eigenvalue weighted by molar-refractivity contribution is 0.370. The van der Waals surface area contributed by atoms with Crippen molar-refractivity contribution in [1.82, 2.24) is 20.4 Å². The smallest absolute Gasteiger partial charge is 0.240 e. The van der Waals surface area contributed by atoms with Crippen LogP contribution in [-0.4, -0.2) is 21.7 Å². The van der Waals surface area contributed by atoms with Gasteiger partial charge in [0.2, 0.25) is 11.7 Å². The van der Waals surface area contributed by atoms with Gasteiger partial charge in [-0.15, -0.1) is 6.42 Å². The molecule has 2 aromatic heterocycles. The van der Waals surface area contributed by atoms with Gasteiger partial charge >= 0.3 is 0 Å². The highest BCUT2D eigenvalue weighted by atomic mass is 16.5. The summed E-state index contributed by atoms with van der Waals surface area (Å²) in [5.41, 5.74) is 0.828. The van der Waals surface area contributed by atoms with Crippen LogP contribution in [0.4, 0.5) is 0 Å². The van der Waals surface area contributed by atoms with Gasteiger partial charge in [0.15, 0.2) is 0 Å². The number of nitrogens with one attached hydrogen (secondary N) is 1. The molecule has 0 saturated carbocycles. The topological polar surface area (TPSA) is 63.8 Å². The molecular formula is C11H10N4O. The first-order valence-electron chi connectivity index (χ1n) is 4.77. The van der Waals surface area contributed by atoms with Gasteiger partial charge in [0.05, 0.1) is 13.1 Å². The van der Waals surface area contributed by atoms with Crippen molar-refractivity contribution in [2.75, 3.05) is 6.54 Å². The fourth-order valence-corrected chi connectivity index (χ4v) is 1.18. The Hall–Kier alpha value is -2.19. The highest BCUT2D eigenvalue weighted by Gasteiger charge is 2.07. The number of terminal acetylenes is 1. The quantitative estimate of drug-likeness (QED) is 0.604. The first-order valence-corrected chi connectivity index (χ1v) is 4.77. The standard InChI is InChI=1S/C11H10N4O/c1-2-5-12-8-10-14-11(15-16-10)9-4-3-6-13-7-9/h1,3-4,6-7,12H,5,8H2. The van der Waals surface area contributed by atoms with Crippen LogP contribution in [0.3, 0.4) is 0 Å². The van der Waals surface area contributed by atoms with E-state index in [9.17, 15) is 0 Å². The Balaban J connectivity index is 2.06. The normalized spacial score (nSPS) is 9.94. The molecular weight excluding hydrogens is 204 g/mol. The molecule has 5 heteroatoms. The average Bonchev–Trinajstić information content (AvgIpc) is 2.79. The third-order valence-corrected chi connectivity index (χ3v) is 1.89. The molecule has 0 amide bonds. The van der Waals surface area contributed by atoms with Crippen molar-refractivity contribution in [3.8, 4) is 23.7 Å². The lowest BCUT2D eigenvalue weighted by atomic mass is 10.3. The van der Waals surface area contributed by atoms with Crippen LogP contribution >= 0.6 is 0 Å². The summed E-state index contributed by atoms with van der Waals surface area (Å²) in [4.78, 5) is 8.19. The maximum absolute atomic E-state index is 5.10. The van der Waals surface area contributed by atoms with E-state index in [0.29, 0.717) is 24.8 Å². The first kappa shape index (κ1) is 10.3. The molecule has 2 aromatic rings. The van der Waals surface area contributed by atoms with Crippen molar-refractivity contribution in [2.24, 2.45) is 0 Å². The number of nitrogens with zero attached hydrogens (tertiary/aromatic N) is 3. The minimum atomic E-state index is 0.470. The van der Waals surface area contributed by atoms with Crippen LogP contribution in [0.15, 0.2) is 29.0 Å². The molecule has 1 N–H and O–H groups in total. The maximum atomic E-state index is 5.10. The zero-order valence-electron chi connectivity index (χ0n) is 8.55. The third-order valence-electron chi connectivity index (χ3n) is 1.89. The SMILES string of the molecule is C#CCNCc1nc(-c2cccnc2)no1. The van der Waals surface area contributed by atoms with E-state index in [2.05, 4.69) is 26.4 Å². The second-order valence-electron chi connectivity index (χ2n) is 3.06. The molecule has 0 aliphatic heterocycles. The minimum absolute atomic E-state index is 0.470. The van der Waals surface area contributed by atoms with Gasteiger partial charge in [0.25, 0.3) is 0 Å². The number of rotatable bonds is 4. The van der Waals surface area contributed by atoms with Crippen molar-refractivity contribution in [1.29, 1.82) is 0 Å². The third kappa shape index (κ3) is 2.43. The largest absolute Gasteiger partial charge is 0.338 e. The average molecular weight is 214 g/mol. The van der Waals surface area contributed by atoms with Gasteiger partial charge in [-0.25, -0.2) is 0 Å². The Kier molecular flexibility index (Phi) is 3.26. The van der Waals surface area contributed by atoms with E-state index in [0.717, 1.165) is 5.56 Å². The molecule has 0 radical (unpaired) electrons. The van der Waals surface area contributed by atoms with E-state index >= 15 is 0 Å². The van der Waals surface area contributed by atoms with Crippen molar-refractivity contribution >= 4 is 0 Å². The highest BCUT2D eigenvalue weighted by Crippen LogP contribution is 2.13. The molecule has 0 atom stereocenters. The second-order valence-corrected chi connectivity index (χ2v) is 3.06. The van der Waals surface area contributed by atoms with Crippen molar-refractivity contribution in [3.05, 3.63) is 30.4 Å². The summed E-state index contributed by atoms with van der Waals surface area (Å²) in [6.45, 7) is 0.946. The van der Waals surface area contributed by atoms with Gasteiger partial charge in [0, 0.05) is 18.0 Å². The van der Waals surface area contributed by atoms with Gasteiger partial charge in [-0.1, -0.05) is 11.1 Å². The highest BCUT2D eigenvalue weighted by molar-refractivity contribution is 5.51. The molecule has 0 aromatic carbocycles. The molecule has 0 saturated heterocycles. The Morgan fingerprint density at radius 1 is 1.50 bits per heavy atom. The summed E-state index contributed by atoms with van der Waals surface area (Å²) in [6.07, 6.45) is 8.48. The molecule has 2 heterocycles. The first-order chi connectivity index (χ1) is 7.90. The van der Waals surface area contributed by atoms with Crippen LogP contribution in [-0.2, 0) is 6.54 Å². The zero-order chi connectivity index (χ0) is 11.2. The number of hydrogen-bond donors (Lipinski definition) is 1. The van der Waals surface area contributed by atoms with Crippen LogP contribution < -0.4 is 5.32 Å². The molecule has 0 aliphatic rings. The second kappa shape index (κ2) is 5.05. The predicted molar refractivity (Wildman–Crippen MR) is 58.1 cm³/mol. The van der Waals surface area contributed by atoms with Gasteiger partial charge in [-0.3, -0.25) is 10.3 Å². The molecule has 2 rings (SSSR count). The Labute approximate surface area is 92.9 Å². The van der Waals surface area contributed by atoms with Crippen LogP contribution in [0.1, 0.15) is 5.89 Å². The van der Waals surface area contributed by atoms with Gasteiger partial charge in [-0.2, -0.15) is 4.98 Å². The summed E-state index contributed by atoms with van der Waals surface area (Å²) in [5.74, 6) is 3.51. The van der Waals surface area contributed by atoms with E-state index in [-0.39, 0.29) is 0 Å². The van der Waals surface area contributed by atoms with Crippen LogP contribution in [0, 0.1) is 12.3 Å². The monoisotopic (exact) mass is 214 g/mol. The van der Waals surface area contributed by atoms with Gasteiger partial charge in [-0.05, 0) is 12.1 Å². The number of aromatic nitrogens is 3. The zero-order valence-corrected chi connectivity index (χ0v) is 8.55. The van der Waals surface area contributed by atoms with E-state index < -0.39 is 0 Å². The maximum Gasteiger partial charge on any atom is 0.240 e. The van der Waals surface area contributed by atoms with Crippen LogP contribution in [0.5, 0.6) is 0 Å². The molecule has 0 fully saturated rings. The molecule has 0 spiro atoms. The van der Waals surface area contributed by atoms with E-state index in [1.54, 1.807) is 12.4 Å². The molecule has 0 aliphatic carbocycles. The fraction of sp³-hybridized carbons (Fsp3) is 0.182. The van der Waals surface area contributed by atoms with Gasteiger partial charge in [0.1, 0.15) is 0 Å². The van der Waals surface area contributed by atoms with Gasteiger partial charge < -0.3 is 4.52 Å². The Morgan fingerprint density at radius 2 is 2.44 bits per heavy atom. The number of hydrogen-bond acceptors (Lipinski definition) is 5. The fourth-order valence-electron chi connectivity index (χ4n) is 1.18. The van der Waals surface area contributed by atoms with Crippen molar-refractivity contribution in [2.45, 2.75) is 6.54 Å². The predicted octanol–water partition coefficient (Wildman–Crippen LogP) is 0.854. The van der Waals surface area contributed by atoms with E-state index in [4.69, 9.17) is 10.9 Å². The Morgan fingerprint density at radius 3 is 3.19 bits per heavy atom. The molecule has 0 bridgehead atoms. The van der Waals surface area contributed by atoms with Crippen LogP contribution in [0.25, 0.3) is 11.4 Å². The van der Waals surface area contributed by atoms with Crippen molar-refractivity contribution in [3.63, 3.8) is 0 Å². The summed E-state index contributed by atoms with van der Waals surface area (Å²) >= 11 is 0. The Bertz CT molecular complexity index is 486. The summed E-state index contributed by atoms with van der Waals surface area (Å²) in [6, 6.07) is 3.69. The molecule has 16 heavy (non-hydrogen) atoms. The summed E-state index contributed by atoms with van der Waals surface area (Å²) in [7, 11) is 0. The molecule has 5 nitrogen and oxygen atoms in total. The van der Waals surface area contributed by atoms with E-state index in [1.807, 2.05) is 12.1 Å². The summed E-state index contributed by atoms with van der Waals surface area (Å²) < 4.78 is 5.05. The summed E-state index contributed by atoms with van der Waals surface area (Å²) in [5, 5.41) is 6.82. The minimum Gasteiger partial charge on any atom is -0.338 e. The molecule has 80 valence electrons.